The number of ketones is 1. The zero-order valence-electron chi connectivity index (χ0n) is 19.9. The second kappa shape index (κ2) is 10.6. The Bertz CT molecular complexity index is 1200. The molecule has 4 rings (SSSR count). The van der Waals surface area contributed by atoms with Gasteiger partial charge in [0.1, 0.15) is 18.1 Å². The fraction of sp³-hybridized carbons (Fsp3) is 0.333. The first-order valence-electron chi connectivity index (χ1n) is 11.5. The molecule has 1 heterocycles. The molecule has 1 aliphatic carbocycles. The zero-order valence-corrected chi connectivity index (χ0v) is 21.5. The molecule has 1 aliphatic heterocycles. The molecule has 0 amide bonds. The lowest BCUT2D eigenvalue weighted by atomic mass is 9.71. The van der Waals surface area contributed by atoms with Crippen LogP contribution in [0.25, 0.3) is 0 Å². The summed E-state index contributed by atoms with van der Waals surface area (Å²) in [6.07, 6.45) is 3.07. The molecule has 0 saturated carbocycles. The third-order valence-corrected chi connectivity index (χ3v) is 6.88. The molecule has 2 aromatic carbocycles. The summed E-state index contributed by atoms with van der Waals surface area (Å²) in [5.41, 5.74) is 3.31. The van der Waals surface area contributed by atoms with Crippen LogP contribution >= 0.6 is 15.9 Å². The van der Waals surface area contributed by atoms with Gasteiger partial charge in [-0.05, 0) is 71.6 Å². The number of fused-ring (bicyclic) bond motifs is 1. The number of methoxy groups -OCH3 is 1. The monoisotopic (exact) mass is 541 g/mol. The topological polar surface area (TPSA) is 94.1 Å². The summed E-state index contributed by atoms with van der Waals surface area (Å²) in [6, 6.07) is 10.7. The maximum absolute atomic E-state index is 13.5. The highest BCUT2D eigenvalue weighted by Crippen LogP contribution is 2.47. The number of carbonyl (C=O) groups is 2. The number of rotatable bonds is 7. The first kappa shape index (κ1) is 24.9. The van der Waals surface area contributed by atoms with Crippen molar-refractivity contribution in [1.29, 1.82) is 0 Å². The summed E-state index contributed by atoms with van der Waals surface area (Å²) >= 11 is 3.39. The van der Waals surface area contributed by atoms with E-state index in [4.69, 9.17) is 14.2 Å². The molecular weight excluding hydrogens is 514 g/mol. The van der Waals surface area contributed by atoms with E-state index >= 15 is 0 Å². The van der Waals surface area contributed by atoms with Gasteiger partial charge in [0.25, 0.3) is 0 Å². The Morgan fingerprint density at radius 1 is 1.20 bits per heavy atom. The van der Waals surface area contributed by atoms with Gasteiger partial charge < -0.3 is 24.6 Å². The maximum atomic E-state index is 13.5. The zero-order chi connectivity index (χ0) is 25.1. The average molecular weight is 542 g/mol. The predicted octanol–water partition coefficient (Wildman–Crippen LogP) is 5.13. The van der Waals surface area contributed by atoms with E-state index in [2.05, 4.69) is 21.2 Å². The highest BCUT2D eigenvalue weighted by atomic mass is 79.9. The van der Waals surface area contributed by atoms with Crippen LogP contribution in [0.15, 0.2) is 63.9 Å². The van der Waals surface area contributed by atoms with E-state index in [1.165, 1.54) is 0 Å². The number of phenols is 1. The summed E-state index contributed by atoms with van der Waals surface area (Å²) in [7, 11) is 1.59. The predicted molar refractivity (Wildman–Crippen MR) is 134 cm³/mol. The van der Waals surface area contributed by atoms with Gasteiger partial charge in [-0.2, -0.15) is 0 Å². The summed E-state index contributed by atoms with van der Waals surface area (Å²) in [4.78, 5) is 26.6. The number of hydrogen-bond acceptors (Lipinski definition) is 7. The first-order valence-corrected chi connectivity index (χ1v) is 12.3. The number of allylic oxidation sites excluding steroid dienone is 3. The number of phenolic OH excluding ortho intramolecular Hbond substituents is 1. The van der Waals surface area contributed by atoms with Gasteiger partial charge in [0.15, 0.2) is 11.5 Å². The molecule has 35 heavy (non-hydrogen) atoms. The van der Waals surface area contributed by atoms with Crippen LogP contribution in [-0.2, 0) is 20.9 Å². The lowest BCUT2D eigenvalue weighted by molar-refractivity contribution is -0.141. The summed E-state index contributed by atoms with van der Waals surface area (Å²) in [5.74, 6) is -0.622. The molecule has 2 atom stereocenters. The van der Waals surface area contributed by atoms with Gasteiger partial charge in [-0.3, -0.25) is 4.79 Å². The molecule has 0 radical (unpaired) electrons. The molecule has 0 saturated heterocycles. The largest absolute Gasteiger partial charge is 0.503 e. The number of aromatic hydroxyl groups is 1. The van der Waals surface area contributed by atoms with Gasteiger partial charge in [0, 0.05) is 23.7 Å². The Labute approximate surface area is 212 Å². The normalized spacial score (nSPS) is 19.4. The lowest BCUT2D eigenvalue weighted by Gasteiger charge is -2.38. The summed E-state index contributed by atoms with van der Waals surface area (Å²) < 4.78 is 16.9. The number of nitrogens with one attached hydrogen (secondary N) is 1. The Kier molecular flexibility index (Phi) is 7.50. The van der Waals surface area contributed by atoms with Crippen molar-refractivity contribution in [3.63, 3.8) is 0 Å². The molecule has 2 N–H and O–H groups in total. The van der Waals surface area contributed by atoms with Gasteiger partial charge in [-0.1, -0.05) is 18.2 Å². The van der Waals surface area contributed by atoms with Crippen molar-refractivity contribution in [2.24, 2.45) is 5.92 Å². The Hall–Kier alpha value is -3.26. The van der Waals surface area contributed by atoms with Crippen LogP contribution in [0, 0.1) is 5.92 Å². The number of carbonyl (C=O) groups excluding carboxylic acids is 2. The minimum Gasteiger partial charge on any atom is -0.503 e. The number of hydrogen-bond donors (Lipinski definition) is 2. The van der Waals surface area contributed by atoms with Crippen LogP contribution in [-0.4, -0.2) is 30.6 Å². The molecule has 2 aliphatic rings. The molecule has 8 heteroatoms. The SMILES string of the molecule is CCOc1cc(C2C(C(=O)OCc3ccc(OC)cc3)=C(C)NC3=CCCC(=O)C32)cc(Br)c1O. The molecule has 2 aromatic rings. The Morgan fingerprint density at radius 2 is 1.94 bits per heavy atom. The van der Waals surface area contributed by atoms with Crippen LogP contribution in [0.5, 0.6) is 17.2 Å². The van der Waals surface area contributed by atoms with Crippen molar-refractivity contribution >= 4 is 27.7 Å². The third kappa shape index (κ3) is 5.07. The molecule has 0 spiro atoms. The van der Waals surface area contributed by atoms with Crippen LogP contribution in [0.3, 0.4) is 0 Å². The minimum absolute atomic E-state index is 0.0281. The van der Waals surface area contributed by atoms with E-state index in [-0.39, 0.29) is 23.9 Å². The number of halogens is 1. The molecule has 0 fully saturated rings. The van der Waals surface area contributed by atoms with Gasteiger partial charge >= 0.3 is 5.97 Å². The fourth-order valence-corrected chi connectivity index (χ4v) is 5.09. The van der Waals surface area contributed by atoms with E-state index in [0.717, 1.165) is 11.3 Å². The van der Waals surface area contributed by atoms with Crippen molar-refractivity contribution in [1.82, 2.24) is 5.32 Å². The van der Waals surface area contributed by atoms with E-state index in [1.54, 1.807) is 31.4 Å². The fourth-order valence-electron chi connectivity index (χ4n) is 4.63. The Morgan fingerprint density at radius 3 is 2.63 bits per heavy atom. The molecule has 7 nitrogen and oxygen atoms in total. The number of esters is 1. The number of benzene rings is 2. The highest BCUT2D eigenvalue weighted by Gasteiger charge is 2.43. The molecule has 2 unspecified atom stereocenters. The number of ether oxygens (including phenoxy) is 3. The third-order valence-electron chi connectivity index (χ3n) is 6.28. The van der Waals surface area contributed by atoms with Crippen molar-refractivity contribution in [2.75, 3.05) is 13.7 Å². The second-order valence-electron chi connectivity index (χ2n) is 8.49. The van der Waals surface area contributed by atoms with Crippen LogP contribution in [0.4, 0.5) is 0 Å². The van der Waals surface area contributed by atoms with E-state index in [9.17, 15) is 14.7 Å². The molecule has 0 bridgehead atoms. The maximum Gasteiger partial charge on any atom is 0.336 e. The van der Waals surface area contributed by atoms with Gasteiger partial charge in [0.2, 0.25) is 0 Å². The smallest absolute Gasteiger partial charge is 0.336 e. The first-order chi connectivity index (χ1) is 16.8. The standard InChI is InChI=1S/C27H28BrNO6/c1-4-34-22-13-17(12-19(28)26(22)31)24-23(15(2)29-20-6-5-7-21(30)25(20)24)27(32)35-14-16-8-10-18(33-3)11-9-16/h6,8-13,24-25,29,31H,4-5,7,14H2,1-3H3. The van der Waals surface area contributed by atoms with Crippen LogP contribution < -0.4 is 14.8 Å². The summed E-state index contributed by atoms with van der Waals surface area (Å²) in [5, 5.41) is 13.7. The van der Waals surface area contributed by atoms with Gasteiger partial charge in [-0.25, -0.2) is 4.79 Å². The molecule has 0 aromatic heterocycles. The van der Waals surface area contributed by atoms with Crippen molar-refractivity contribution in [3.8, 4) is 17.2 Å². The van der Waals surface area contributed by atoms with E-state index < -0.39 is 17.8 Å². The van der Waals surface area contributed by atoms with Crippen molar-refractivity contribution in [2.45, 2.75) is 39.2 Å². The van der Waals surface area contributed by atoms with Crippen LogP contribution in [0.1, 0.15) is 43.7 Å². The number of Topliss-reactive ketones (excluding diaryl/α,β-unsaturated/α-hetero) is 1. The van der Waals surface area contributed by atoms with E-state index in [1.807, 2.05) is 32.1 Å². The van der Waals surface area contributed by atoms with Crippen molar-refractivity contribution in [3.05, 3.63) is 75.0 Å². The lowest BCUT2D eigenvalue weighted by Crippen LogP contribution is -2.40. The summed E-state index contributed by atoms with van der Waals surface area (Å²) in [6.45, 7) is 4.07. The van der Waals surface area contributed by atoms with Crippen LogP contribution in [0.2, 0.25) is 0 Å². The van der Waals surface area contributed by atoms with E-state index in [0.29, 0.717) is 46.5 Å². The van der Waals surface area contributed by atoms with Gasteiger partial charge in [0.05, 0.1) is 29.7 Å². The second-order valence-corrected chi connectivity index (χ2v) is 9.34. The highest BCUT2D eigenvalue weighted by molar-refractivity contribution is 9.10. The average Bonchev–Trinajstić information content (AvgIpc) is 2.85. The van der Waals surface area contributed by atoms with Gasteiger partial charge in [-0.15, -0.1) is 0 Å². The minimum atomic E-state index is -0.588. The quantitative estimate of drug-likeness (QED) is 0.469. The molecule has 184 valence electrons. The Balaban J connectivity index is 1.73. The molecular formula is C27H28BrNO6. The van der Waals surface area contributed by atoms with Crippen molar-refractivity contribution < 1.29 is 28.9 Å².